The SMILES string of the molecule is CCCC(=NOCC=CCl)C1=C(OC(C)=O)C(C(=O)OC)C(CC(C)=S=O)CC1=O.Fc1ccccc1. The molecule has 1 aliphatic rings. The van der Waals surface area contributed by atoms with Crippen LogP contribution in [0.3, 0.4) is 0 Å². The number of esters is 2. The summed E-state index contributed by atoms with van der Waals surface area (Å²) in [5.74, 6) is -3.59. The molecular formula is C26H31ClFNO7S. The van der Waals surface area contributed by atoms with Crippen LogP contribution >= 0.6 is 11.6 Å². The number of oxime groups is 1. The summed E-state index contributed by atoms with van der Waals surface area (Å²) in [4.78, 5) is 43.2. The van der Waals surface area contributed by atoms with Crippen molar-refractivity contribution < 1.29 is 37.3 Å². The molecule has 0 heterocycles. The van der Waals surface area contributed by atoms with Gasteiger partial charge in [0.15, 0.2) is 5.78 Å². The summed E-state index contributed by atoms with van der Waals surface area (Å²) >= 11 is 5.77. The number of carbonyl (C=O) groups excluding carboxylic acids is 3. The largest absolute Gasteiger partial charge is 0.468 e. The number of Topliss-reactive ketones (excluding diaryl/α,β-unsaturated/α-hetero) is 1. The van der Waals surface area contributed by atoms with Crippen molar-refractivity contribution in [3.8, 4) is 0 Å². The van der Waals surface area contributed by atoms with E-state index in [-0.39, 0.29) is 48.1 Å². The minimum Gasteiger partial charge on any atom is -0.468 e. The van der Waals surface area contributed by atoms with Crippen LogP contribution < -0.4 is 0 Å². The Hall–Kier alpha value is -3.11. The van der Waals surface area contributed by atoms with E-state index in [4.69, 9.17) is 25.9 Å². The molecule has 0 aromatic heterocycles. The molecule has 0 amide bonds. The Morgan fingerprint density at radius 1 is 1.24 bits per heavy atom. The van der Waals surface area contributed by atoms with Gasteiger partial charge in [-0.05, 0) is 43.9 Å². The third-order valence-electron chi connectivity index (χ3n) is 5.07. The van der Waals surface area contributed by atoms with Gasteiger partial charge in [0.2, 0.25) is 0 Å². The van der Waals surface area contributed by atoms with Gasteiger partial charge in [0, 0.05) is 23.7 Å². The van der Waals surface area contributed by atoms with Crippen LogP contribution in [-0.2, 0) is 40.0 Å². The Balaban J connectivity index is 0.000000836. The van der Waals surface area contributed by atoms with E-state index in [2.05, 4.69) is 5.16 Å². The molecule has 2 rings (SSSR count). The number of hydrogen-bond acceptors (Lipinski definition) is 8. The van der Waals surface area contributed by atoms with Gasteiger partial charge in [0.05, 0.1) is 29.7 Å². The smallest absolute Gasteiger partial charge is 0.316 e. The Bertz CT molecular complexity index is 1080. The van der Waals surface area contributed by atoms with Gasteiger partial charge in [-0.3, -0.25) is 14.4 Å². The second kappa shape index (κ2) is 17.4. The summed E-state index contributed by atoms with van der Waals surface area (Å²) in [6.45, 7) is 4.77. The molecule has 0 N–H and O–H groups in total. The lowest BCUT2D eigenvalue weighted by Crippen LogP contribution is -2.38. The third kappa shape index (κ3) is 10.8. The Kier molecular flexibility index (Phi) is 15.0. The molecule has 8 nitrogen and oxygen atoms in total. The normalized spacial score (nSPS) is 17.6. The predicted molar refractivity (Wildman–Crippen MR) is 141 cm³/mol. The summed E-state index contributed by atoms with van der Waals surface area (Å²) in [7, 11) is 1.21. The third-order valence-corrected chi connectivity index (χ3v) is 5.70. The van der Waals surface area contributed by atoms with Gasteiger partial charge in [-0.2, -0.15) is 0 Å². The first-order valence-corrected chi connectivity index (χ1v) is 12.7. The highest BCUT2D eigenvalue weighted by Crippen LogP contribution is 2.38. The molecule has 202 valence electrons. The fourth-order valence-electron chi connectivity index (χ4n) is 3.62. The number of halogens is 2. The average molecular weight is 556 g/mol. The molecule has 11 heteroatoms. The molecule has 0 spiro atoms. The fourth-order valence-corrected chi connectivity index (χ4v) is 3.97. The zero-order valence-corrected chi connectivity index (χ0v) is 22.8. The highest BCUT2D eigenvalue weighted by atomic mass is 35.5. The lowest BCUT2D eigenvalue weighted by Gasteiger charge is -2.32. The lowest BCUT2D eigenvalue weighted by atomic mass is 9.74. The van der Waals surface area contributed by atoms with E-state index < -0.39 is 23.8 Å². The summed E-state index contributed by atoms with van der Waals surface area (Å²) in [6.07, 6.45) is 2.68. The highest BCUT2D eigenvalue weighted by Gasteiger charge is 2.44. The molecule has 37 heavy (non-hydrogen) atoms. The zero-order valence-electron chi connectivity index (χ0n) is 21.2. The summed E-state index contributed by atoms with van der Waals surface area (Å²) in [6, 6.07) is 7.94. The van der Waals surface area contributed by atoms with Crippen LogP contribution in [0.5, 0.6) is 0 Å². The Morgan fingerprint density at radius 2 is 1.92 bits per heavy atom. The molecule has 0 radical (unpaired) electrons. The van der Waals surface area contributed by atoms with E-state index in [0.717, 1.165) is 0 Å². The summed E-state index contributed by atoms with van der Waals surface area (Å²) in [5.41, 5.74) is 1.59. The second-order valence-corrected chi connectivity index (χ2v) is 9.07. The highest BCUT2D eigenvalue weighted by molar-refractivity contribution is 7.66. The molecular weight excluding hydrogens is 525 g/mol. The molecule has 2 atom stereocenters. The van der Waals surface area contributed by atoms with Crippen LogP contribution in [-0.4, -0.2) is 46.2 Å². The number of rotatable bonds is 10. The van der Waals surface area contributed by atoms with E-state index >= 15 is 0 Å². The molecule has 0 bridgehead atoms. The first-order valence-electron chi connectivity index (χ1n) is 11.5. The lowest BCUT2D eigenvalue weighted by molar-refractivity contribution is -0.150. The van der Waals surface area contributed by atoms with E-state index in [1.165, 1.54) is 37.8 Å². The van der Waals surface area contributed by atoms with Crippen molar-refractivity contribution in [2.24, 2.45) is 17.0 Å². The van der Waals surface area contributed by atoms with Crippen molar-refractivity contribution in [3.63, 3.8) is 0 Å². The van der Waals surface area contributed by atoms with E-state index in [1.807, 2.05) is 6.92 Å². The number of nitrogens with zero attached hydrogens (tertiary/aromatic N) is 1. The maximum Gasteiger partial charge on any atom is 0.316 e. The Labute approximate surface area is 224 Å². The van der Waals surface area contributed by atoms with Crippen LogP contribution in [0.25, 0.3) is 0 Å². The van der Waals surface area contributed by atoms with Gasteiger partial charge in [0.1, 0.15) is 24.1 Å². The number of carbonyl (C=O) groups is 3. The molecule has 1 aromatic carbocycles. The molecule has 0 saturated carbocycles. The number of ketones is 1. The van der Waals surface area contributed by atoms with Gasteiger partial charge in [-0.15, -0.1) is 0 Å². The molecule has 0 saturated heterocycles. The monoisotopic (exact) mass is 555 g/mol. The van der Waals surface area contributed by atoms with Gasteiger partial charge >= 0.3 is 11.9 Å². The number of methoxy groups -OCH3 is 1. The van der Waals surface area contributed by atoms with Crippen molar-refractivity contribution in [2.75, 3.05) is 13.7 Å². The second-order valence-electron chi connectivity index (χ2n) is 7.95. The van der Waals surface area contributed by atoms with Crippen molar-refractivity contribution >= 4 is 51.2 Å². The van der Waals surface area contributed by atoms with Crippen LogP contribution in [0.15, 0.2) is 58.4 Å². The summed E-state index contributed by atoms with van der Waals surface area (Å²) < 4.78 is 33.3. The quantitative estimate of drug-likeness (QED) is 0.135. The topological polar surface area (TPSA) is 108 Å². The van der Waals surface area contributed by atoms with Gasteiger partial charge in [-0.25, -0.2) is 8.60 Å². The van der Waals surface area contributed by atoms with E-state index in [1.54, 1.807) is 25.1 Å². The average Bonchev–Trinajstić information content (AvgIpc) is 2.86. The van der Waals surface area contributed by atoms with Crippen LogP contribution in [0.2, 0.25) is 0 Å². The molecule has 1 aromatic rings. The van der Waals surface area contributed by atoms with E-state index in [9.17, 15) is 23.0 Å². The summed E-state index contributed by atoms with van der Waals surface area (Å²) in [5, 5.41) is 4.03. The van der Waals surface area contributed by atoms with Gasteiger partial charge in [-0.1, -0.05) is 48.3 Å². The van der Waals surface area contributed by atoms with Crippen molar-refractivity contribution in [2.45, 2.75) is 46.5 Å². The first-order chi connectivity index (χ1) is 17.7. The molecule has 1 aliphatic carbocycles. The van der Waals surface area contributed by atoms with Crippen molar-refractivity contribution in [1.82, 2.24) is 0 Å². The fraction of sp³-hybridized carbons (Fsp3) is 0.423. The number of benzene rings is 1. The zero-order chi connectivity index (χ0) is 27.8. The number of hydrogen-bond donors (Lipinski definition) is 0. The van der Waals surface area contributed by atoms with Crippen LogP contribution in [0.1, 0.15) is 46.5 Å². The van der Waals surface area contributed by atoms with Crippen molar-refractivity contribution in [1.29, 1.82) is 0 Å². The standard InChI is InChI=1S/C20H26ClNO7S.C6H5F/c1-5-7-15(22-28-9-6-8-21)18-16(24)11-14(10-12(2)30-26)17(20(25)27-4)19(18)29-13(3)23;7-6-4-2-1-3-5-6/h6,8,14,17H,5,7,9-11H2,1-4H3;1-5H. The molecule has 0 aliphatic heterocycles. The number of ether oxygens (including phenoxy) is 2. The molecule has 2 unspecified atom stereocenters. The van der Waals surface area contributed by atoms with Crippen LogP contribution in [0.4, 0.5) is 4.39 Å². The maximum absolute atomic E-state index is 13.1. The maximum atomic E-state index is 13.1. The van der Waals surface area contributed by atoms with E-state index in [0.29, 0.717) is 29.0 Å². The minimum atomic E-state index is -1.03. The first kappa shape index (κ1) is 31.9. The van der Waals surface area contributed by atoms with Gasteiger partial charge in [0.25, 0.3) is 0 Å². The molecule has 0 fully saturated rings. The minimum absolute atomic E-state index is 0.0257. The van der Waals surface area contributed by atoms with Crippen LogP contribution in [0, 0.1) is 17.7 Å². The Morgan fingerprint density at radius 3 is 2.41 bits per heavy atom. The van der Waals surface area contributed by atoms with Gasteiger partial charge < -0.3 is 14.3 Å². The number of allylic oxidation sites excluding steroid dienone is 1. The van der Waals surface area contributed by atoms with Crippen molar-refractivity contribution in [3.05, 3.63) is 59.1 Å². The predicted octanol–water partition coefficient (Wildman–Crippen LogP) is 4.73.